The third kappa shape index (κ3) is 3.23. The van der Waals surface area contributed by atoms with Crippen molar-refractivity contribution >= 4 is 11.7 Å². The average Bonchev–Trinajstić information content (AvgIpc) is 2.43. The van der Waals surface area contributed by atoms with Gasteiger partial charge < -0.3 is 15.8 Å². The molecule has 1 aliphatic heterocycles. The molecule has 0 aromatic carbocycles. The van der Waals surface area contributed by atoms with Gasteiger partial charge in [-0.05, 0) is 34.1 Å². The molecule has 20 heavy (non-hydrogen) atoms. The minimum Gasteiger partial charge on any atom is -0.409 e. The average molecular weight is 284 g/mol. The van der Waals surface area contributed by atoms with E-state index in [4.69, 9.17) is 10.9 Å². The first-order valence-corrected chi connectivity index (χ1v) is 7.19. The van der Waals surface area contributed by atoms with Gasteiger partial charge in [-0.2, -0.15) is 0 Å². The highest BCUT2D eigenvalue weighted by Crippen LogP contribution is 2.26. The van der Waals surface area contributed by atoms with E-state index in [-0.39, 0.29) is 17.3 Å². The summed E-state index contributed by atoms with van der Waals surface area (Å²) in [7, 11) is 0. The summed E-state index contributed by atoms with van der Waals surface area (Å²) in [4.78, 5) is 16.8. The van der Waals surface area contributed by atoms with Crippen LogP contribution in [0.1, 0.15) is 41.0 Å². The molecule has 1 atom stereocenters. The molecule has 0 aromatic rings. The number of hydrogen-bond donors (Lipinski definition) is 2. The summed E-state index contributed by atoms with van der Waals surface area (Å²) in [5, 5.41) is 11.9. The third-order valence-electron chi connectivity index (χ3n) is 4.37. The number of nitrogens with zero attached hydrogens (tertiary/aromatic N) is 3. The van der Waals surface area contributed by atoms with E-state index in [0.717, 1.165) is 13.1 Å². The topological polar surface area (TPSA) is 82.2 Å². The molecule has 0 saturated carbocycles. The quantitative estimate of drug-likeness (QED) is 0.352. The van der Waals surface area contributed by atoms with Crippen molar-refractivity contribution in [3.63, 3.8) is 0 Å². The molecular weight excluding hydrogens is 256 g/mol. The van der Waals surface area contributed by atoms with Crippen LogP contribution in [0.25, 0.3) is 0 Å². The second-order valence-corrected chi connectivity index (χ2v) is 6.62. The van der Waals surface area contributed by atoms with Gasteiger partial charge in [0.1, 0.15) is 5.41 Å². The van der Waals surface area contributed by atoms with Gasteiger partial charge >= 0.3 is 0 Å². The van der Waals surface area contributed by atoms with Crippen molar-refractivity contribution in [2.75, 3.05) is 26.2 Å². The Morgan fingerprint density at radius 1 is 1.20 bits per heavy atom. The van der Waals surface area contributed by atoms with Gasteiger partial charge in [0, 0.05) is 31.7 Å². The maximum absolute atomic E-state index is 12.6. The zero-order valence-corrected chi connectivity index (χ0v) is 13.3. The van der Waals surface area contributed by atoms with Crippen molar-refractivity contribution in [1.82, 2.24) is 9.80 Å². The van der Waals surface area contributed by atoms with Gasteiger partial charge in [-0.25, -0.2) is 0 Å². The maximum Gasteiger partial charge on any atom is 0.236 e. The molecule has 6 heteroatoms. The fourth-order valence-corrected chi connectivity index (χ4v) is 2.48. The van der Waals surface area contributed by atoms with Crippen LogP contribution in [0, 0.1) is 5.41 Å². The fraction of sp³-hybridized carbons (Fsp3) is 0.857. The molecule has 1 fully saturated rings. The van der Waals surface area contributed by atoms with E-state index in [1.54, 1.807) is 6.92 Å². The number of nitrogens with two attached hydrogens (primary N) is 1. The Balaban J connectivity index is 2.76. The predicted molar refractivity (Wildman–Crippen MR) is 79.7 cm³/mol. The zero-order valence-electron chi connectivity index (χ0n) is 13.3. The van der Waals surface area contributed by atoms with Crippen LogP contribution in [0.3, 0.4) is 0 Å². The second-order valence-electron chi connectivity index (χ2n) is 6.62. The van der Waals surface area contributed by atoms with Crippen molar-refractivity contribution in [1.29, 1.82) is 0 Å². The SMILES string of the molecule is CCC(C)(C(=O)N1CCN(C(C)(C)C)CC1)C(N)=NO. The Hall–Kier alpha value is -1.30. The number of carbonyl (C=O) groups excluding carboxylic acids is 1. The number of piperazine rings is 1. The summed E-state index contributed by atoms with van der Waals surface area (Å²) in [5.41, 5.74) is 4.91. The number of hydrogen-bond acceptors (Lipinski definition) is 4. The van der Waals surface area contributed by atoms with Crippen molar-refractivity contribution < 1.29 is 10.0 Å². The van der Waals surface area contributed by atoms with Crippen LogP contribution in [0.2, 0.25) is 0 Å². The highest BCUT2D eigenvalue weighted by molar-refractivity contribution is 6.06. The van der Waals surface area contributed by atoms with E-state index in [0.29, 0.717) is 19.5 Å². The molecule has 0 spiro atoms. The minimum absolute atomic E-state index is 0.0109. The number of carbonyl (C=O) groups is 1. The van der Waals surface area contributed by atoms with Crippen LogP contribution in [-0.4, -0.2) is 58.5 Å². The van der Waals surface area contributed by atoms with Gasteiger partial charge in [-0.1, -0.05) is 12.1 Å². The van der Waals surface area contributed by atoms with Crippen LogP contribution in [0.4, 0.5) is 0 Å². The normalized spacial score (nSPS) is 21.6. The molecule has 3 N–H and O–H groups in total. The molecule has 1 rings (SSSR count). The van der Waals surface area contributed by atoms with E-state index in [1.165, 1.54) is 0 Å². The van der Waals surface area contributed by atoms with Gasteiger partial charge in [0.05, 0.1) is 0 Å². The summed E-state index contributed by atoms with van der Waals surface area (Å²) in [5.74, 6) is -0.0629. The lowest BCUT2D eigenvalue weighted by molar-refractivity contribution is -0.140. The first-order valence-electron chi connectivity index (χ1n) is 7.19. The Labute approximate surface area is 121 Å². The first kappa shape index (κ1) is 16.8. The number of amides is 1. The fourth-order valence-electron chi connectivity index (χ4n) is 2.48. The Bertz CT molecular complexity index is 381. The van der Waals surface area contributed by atoms with Crippen LogP contribution in [0.5, 0.6) is 0 Å². The van der Waals surface area contributed by atoms with Crippen LogP contribution in [-0.2, 0) is 4.79 Å². The Kier molecular flexibility index (Phi) is 5.02. The molecule has 1 aliphatic rings. The molecule has 0 aromatic heterocycles. The van der Waals surface area contributed by atoms with Gasteiger partial charge in [0.2, 0.25) is 5.91 Å². The Morgan fingerprint density at radius 3 is 2.05 bits per heavy atom. The van der Waals surface area contributed by atoms with E-state index < -0.39 is 5.41 Å². The number of amidine groups is 1. The molecule has 0 aliphatic carbocycles. The molecule has 1 amide bonds. The standard InChI is InChI=1S/C14H28N4O2/c1-6-14(5,11(15)16-20)12(19)17-7-9-18(10-8-17)13(2,3)4/h20H,6-10H2,1-5H3,(H2,15,16). The number of rotatable bonds is 3. The predicted octanol–water partition coefficient (Wildman–Crippen LogP) is 1.09. The molecule has 116 valence electrons. The van der Waals surface area contributed by atoms with Gasteiger partial charge in [0.25, 0.3) is 0 Å². The summed E-state index contributed by atoms with van der Waals surface area (Å²) in [6.07, 6.45) is 0.515. The van der Waals surface area contributed by atoms with E-state index in [2.05, 4.69) is 30.8 Å². The molecule has 1 saturated heterocycles. The Morgan fingerprint density at radius 2 is 1.70 bits per heavy atom. The molecule has 0 bridgehead atoms. The second kappa shape index (κ2) is 5.99. The maximum atomic E-state index is 12.6. The van der Waals surface area contributed by atoms with Crippen LogP contribution >= 0.6 is 0 Å². The lowest BCUT2D eigenvalue weighted by Gasteiger charge is -2.44. The van der Waals surface area contributed by atoms with E-state index in [9.17, 15) is 4.79 Å². The smallest absolute Gasteiger partial charge is 0.236 e. The van der Waals surface area contributed by atoms with Crippen LogP contribution < -0.4 is 5.73 Å². The van der Waals surface area contributed by atoms with Crippen molar-refractivity contribution in [2.45, 2.75) is 46.6 Å². The van der Waals surface area contributed by atoms with Gasteiger partial charge in [-0.15, -0.1) is 0 Å². The van der Waals surface area contributed by atoms with Crippen molar-refractivity contribution in [2.24, 2.45) is 16.3 Å². The zero-order chi connectivity index (χ0) is 15.6. The van der Waals surface area contributed by atoms with Crippen molar-refractivity contribution in [3.05, 3.63) is 0 Å². The van der Waals surface area contributed by atoms with Gasteiger partial charge in [0.15, 0.2) is 5.84 Å². The highest BCUT2D eigenvalue weighted by Gasteiger charge is 2.40. The summed E-state index contributed by atoms with van der Waals surface area (Å²) >= 11 is 0. The molecule has 1 unspecified atom stereocenters. The first-order chi connectivity index (χ1) is 9.16. The van der Waals surface area contributed by atoms with Gasteiger partial charge in [-0.3, -0.25) is 9.69 Å². The summed E-state index contributed by atoms with van der Waals surface area (Å²) in [6, 6.07) is 0. The van der Waals surface area contributed by atoms with E-state index in [1.807, 2.05) is 11.8 Å². The van der Waals surface area contributed by atoms with Crippen LogP contribution in [0.15, 0.2) is 5.16 Å². The summed E-state index contributed by atoms with van der Waals surface area (Å²) in [6.45, 7) is 13.2. The van der Waals surface area contributed by atoms with Crippen molar-refractivity contribution in [3.8, 4) is 0 Å². The lowest BCUT2D eigenvalue weighted by atomic mass is 9.84. The molecule has 6 nitrogen and oxygen atoms in total. The molecular formula is C14H28N4O2. The third-order valence-corrected chi connectivity index (χ3v) is 4.37. The minimum atomic E-state index is -0.918. The molecule has 1 heterocycles. The monoisotopic (exact) mass is 284 g/mol. The summed E-state index contributed by atoms with van der Waals surface area (Å²) < 4.78 is 0. The number of oxime groups is 1. The highest BCUT2D eigenvalue weighted by atomic mass is 16.4. The van der Waals surface area contributed by atoms with E-state index >= 15 is 0 Å². The molecule has 0 radical (unpaired) electrons. The lowest BCUT2D eigenvalue weighted by Crippen LogP contribution is -2.58. The largest absolute Gasteiger partial charge is 0.409 e.